The van der Waals surface area contributed by atoms with E-state index < -0.39 is 21.7 Å². The first-order valence-electron chi connectivity index (χ1n) is 5.98. The standard InChI is InChI=1S/C13H16O4S/c14-13(15)12(10-5-2-1-3-6-10)11-7-4-8-18(16,17)9-11/h1-3,5-6,11-12H,4,7-9H2,(H,14,15). The van der Waals surface area contributed by atoms with Crippen LogP contribution in [0.2, 0.25) is 0 Å². The Morgan fingerprint density at radius 2 is 1.94 bits per heavy atom. The SMILES string of the molecule is O=C(O)C(c1ccccc1)C1CCCS(=O)(=O)C1. The van der Waals surface area contributed by atoms with E-state index in [1.54, 1.807) is 24.3 Å². The zero-order valence-corrected chi connectivity index (χ0v) is 10.8. The van der Waals surface area contributed by atoms with Crippen molar-refractivity contribution in [2.24, 2.45) is 5.92 Å². The fourth-order valence-corrected chi connectivity index (χ4v) is 4.38. The third-order valence-electron chi connectivity index (χ3n) is 3.39. The van der Waals surface area contributed by atoms with Crippen molar-refractivity contribution in [2.45, 2.75) is 18.8 Å². The number of aliphatic carboxylic acids is 1. The van der Waals surface area contributed by atoms with E-state index in [4.69, 9.17) is 0 Å². The van der Waals surface area contributed by atoms with E-state index in [1.807, 2.05) is 6.07 Å². The Kier molecular flexibility index (Phi) is 3.71. The maximum absolute atomic E-state index is 11.6. The summed E-state index contributed by atoms with van der Waals surface area (Å²) in [5.74, 6) is -1.81. The van der Waals surface area contributed by atoms with Crippen LogP contribution in [-0.2, 0) is 14.6 Å². The molecule has 0 bridgehead atoms. The molecule has 5 heteroatoms. The van der Waals surface area contributed by atoms with E-state index in [0.29, 0.717) is 18.4 Å². The first-order chi connectivity index (χ1) is 8.49. The molecule has 1 fully saturated rings. The summed E-state index contributed by atoms with van der Waals surface area (Å²) in [5, 5.41) is 9.35. The molecule has 1 saturated heterocycles. The molecule has 2 rings (SSSR count). The summed E-state index contributed by atoms with van der Waals surface area (Å²) in [4.78, 5) is 11.4. The van der Waals surface area contributed by atoms with Crippen LogP contribution in [0.5, 0.6) is 0 Å². The molecule has 18 heavy (non-hydrogen) atoms. The van der Waals surface area contributed by atoms with Crippen molar-refractivity contribution in [2.75, 3.05) is 11.5 Å². The van der Waals surface area contributed by atoms with Crippen LogP contribution in [0.15, 0.2) is 30.3 Å². The lowest BCUT2D eigenvalue weighted by Gasteiger charge is -2.27. The van der Waals surface area contributed by atoms with Crippen LogP contribution in [0.4, 0.5) is 0 Å². The summed E-state index contributed by atoms with van der Waals surface area (Å²) in [7, 11) is -3.08. The summed E-state index contributed by atoms with van der Waals surface area (Å²) in [6, 6.07) is 8.88. The van der Waals surface area contributed by atoms with Crippen LogP contribution in [0.1, 0.15) is 24.3 Å². The van der Waals surface area contributed by atoms with Gasteiger partial charge in [0.25, 0.3) is 0 Å². The third-order valence-corrected chi connectivity index (χ3v) is 5.24. The van der Waals surface area contributed by atoms with Crippen molar-refractivity contribution in [3.8, 4) is 0 Å². The molecule has 1 aliphatic rings. The second kappa shape index (κ2) is 5.10. The highest BCUT2D eigenvalue weighted by Crippen LogP contribution is 2.32. The molecular weight excluding hydrogens is 252 g/mol. The predicted octanol–water partition coefficient (Wildman–Crippen LogP) is 1.68. The average Bonchev–Trinajstić information content (AvgIpc) is 2.28. The smallest absolute Gasteiger partial charge is 0.311 e. The highest BCUT2D eigenvalue weighted by molar-refractivity contribution is 7.91. The Bertz CT molecular complexity index is 521. The second-order valence-corrected chi connectivity index (χ2v) is 6.97. The van der Waals surface area contributed by atoms with E-state index in [9.17, 15) is 18.3 Å². The predicted molar refractivity (Wildman–Crippen MR) is 68.2 cm³/mol. The summed E-state index contributed by atoms with van der Waals surface area (Å²) in [5.41, 5.74) is 0.687. The molecule has 2 atom stereocenters. The topological polar surface area (TPSA) is 71.4 Å². The Balaban J connectivity index is 2.29. The number of hydrogen-bond donors (Lipinski definition) is 1. The first kappa shape index (κ1) is 13.1. The van der Waals surface area contributed by atoms with Crippen LogP contribution in [-0.4, -0.2) is 31.0 Å². The number of sulfone groups is 1. The normalized spacial score (nSPS) is 24.3. The van der Waals surface area contributed by atoms with Gasteiger partial charge in [-0.1, -0.05) is 30.3 Å². The molecule has 98 valence electrons. The van der Waals surface area contributed by atoms with Crippen LogP contribution < -0.4 is 0 Å². The van der Waals surface area contributed by atoms with E-state index in [0.717, 1.165) is 0 Å². The molecule has 2 unspecified atom stereocenters. The molecule has 0 radical (unpaired) electrons. The van der Waals surface area contributed by atoms with Gasteiger partial charge in [-0.2, -0.15) is 0 Å². The Labute approximate surface area is 107 Å². The molecular formula is C13H16O4S. The highest BCUT2D eigenvalue weighted by atomic mass is 32.2. The van der Waals surface area contributed by atoms with Crippen LogP contribution in [0, 0.1) is 5.92 Å². The van der Waals surface area contributed by atoms with Crippen molar-refractivity contribution < 1.29 is 18.3 Å². The molecule has 0 aromatic heterocycles. The van der Waals surface area contributed by atoms with E-state index >= 15 is 0 Å². The van der Waals surface area contributed by atoms with Gasteiger partial charge in [0, 0.05) is 0 Å². The van der Waals surface area contributed by atoms with E-state index in [2.05, 4.69) is 0 Å². The highest BCUT2D eigenvalue weighted by Gasteiger charge is 2.35. The zero-order valence-electron chi connectivity index (χ0n) is 9.95. The average molecular weight is 268 g/mol. The van der Waals surface area contributed by atoms with Crippen LogP contribution in [0.3, 0.4) is 0 Å². The van der Waals surface area contributed by atoms with Gasteiger partial charge in [-0.25, -0.2) is 8.42 Å². The molecule has 0 saturated carbocycles. The monoisotopic (exact) mass is 268 g/mol. The number of benzene rings is 1. The second-order valence-electron chi connectivity index (χ2n) is 4.74. The van der Waals surface area contributed by atoms with Crippen molar-refractivity contribution in [1.82, 2.24) is 0 Å². The molecule has 1 heterocycles. The largest absolute Gasteiger partial charge is 0.481 e. The summed E-state index contributed by atoms with van der Waals surface area (Å²) < 4.78 is 23.3. The molecule has 0 aliphatic carbocycles. The van der Waals surface area contributed by atoms with E-state index in [-0.39, 0.29) is 17.4 Å². The summed E-state index contributed by atoms with van der Waals surface area (Å²) >= 11 is 0. The van der Waals surface area contributed by atoms with Gasteiger partial charge in [-0.05, 0) is 24.3 Å². The molecule has 0 amide bonds. The number of carbonyl (C=O) groups is 1. The lowest BCUT2D eigenvalue weighted by Crippen LogP contribution is -2.32. The molecule has 0 spiro atoms. The van der Waals surface area contributed by atoms with Crippen molar-refractivity contribution in [3.05, 3.63) is 35.9 Å². The maximum Gasteiger partial charge on any atom is 0.311 e. The number of carboxylic acid groups (broad SMARTS) is 1. The van der Waals surface area contributed by atoms with Gasteiger partial charge in [0.15, 0.2) is 9.84 Å². The number of carboxylic acids is 1. The maximum atomic E-state index is 11.6. The van der Waals surface area contributed by atoms with E-state index in [1.165, 1.54) is 0 Å². The molecule has 4 nitrogen and oxygen atoms in total. The third kappa shape index (κ3) is 2.90. The van der Waals surface area contributed by atoms with Crippen LogP contribution >= 0.6 is 0 Å². The lowest BCUT2D eigenvalue weighted by atomic mass is 9.84. The van der Waals surface area contributed by atoms with Crippen molar-refractivity contribution in [3.63, 3.8) is 0 Å². The van der Waals surface area contributed by atoms with Gasteiger partial charge < -0.3 is 5.11 Å². The van der Waals surface area contributed by atoms with Gasteiger partial charge in [0.05, 0.1) is 17.4 Å². The minimum atomic E-state index is -3.08. The fourth-order valence-electron chi connectivity index (χ4n) is 2.60. The number of rotatable bonds is 3. The first-order valence-corrected chi connectivity index (χ1v) is 7.80. The molecule has 1 aromatic rings. The Hall–Kier alpha value is -1.36. The van der Waals surface area contributed by atoms with Crippen molar-refractivity contribution >= 4 is 15.8 Å². The van der Waals surface area contributed by atoms with Gasteiger partial charge >= 0.3 is 5.97 Å². The fraction of sp³-hybridized carbons (Fsp3) is 0.462. The quantitative estimate of drug-likeness (QED) is 0.905. The minimum Gasteiger partial charge on any atom is -0.481 e. The van der Waals surface area contributed by atoms with Gasteiger partial charge in [-0.3, -0.25) is 4.79 Å². The van der Waals surface area contributed by atoms with Gasteiger partial charge in [-0.15, -0.1) is 0 Å². The summed E-state index contributed by atoms with van der Waals surface area (Å²) in [6.45, 7) is 0. The van der Waals surface area contributed by atoms with Gasteiger partial charge in [0.1, 0.15) is 0 Å². The lowest BCUT2D eigenvalue weighted by molar-refractivity contribution is -0.140. The summed E-state index contributed by atoms with van der Waals surface area (Å²) in [6.07, 6.45) is 1.22. The van der Waals surface area contributed by atoms with Crippen molar-refractivity contribution in [1.29, 1.82) is 0 Å². The zero-order chi connectivity index (χ0) is 13.2. The number of hydrogen-bond acceptors (Lipinski definition) is 3. The Morgan fingerprint density at radius 1 is 1.28 bits per heavy atom. The molecule has 1 N–H and O–H groups in total. The van der Waals surface area contributed by atoms with Gasteiger partial charge in [0.2, 0.25) is 0 Å². The molecule has 1 aromatic carbocycles. The molecule has 1 aliphatic heterocycles. The Morgan fingerprint density at radius 3 is 2.50 bits per heavy atom. The minimum absolute atomic E-state index is 0.0150. The van der Waals surface area contributed by atoms with Crippen LogP contribution in [0.25, 0.3) is 0 Å².